The Hall–Kier alpha value is -3.55. The Bertz CT molecular complexity index is 1100. The van der Waals surface area contributed by atoms with Gasteiger partial charge in [0, 0.05) is 36.8 Å². The molecule has 148 valence electrons. The van der Waals surface area contributed by atoms with Crippen molar-refractivity contribution in [2.24, 2.45) is 5.92 Å². The molecule has 2 amide bonds. The van der Waals surface area contributed by atoms with Crippen molar-refractivity contribution in [3.63, 3.8) is 0 Å². The molecule has 0 bridgehead atoms. The van der Waals surface area contributed by atoms with Gasteiger partial charge >= 0.3 is 0 Å². The smallest absolute Gasteiger partial charge is 0.229 e. The summed E-state index contributed by atoms with van der Waals surface area (Å²) in [6, 6.07) is 11.7. The van der Waals surface area contributed by atoms with E-state index in [2.05, 4.69) is 15.5 Å². The number of anilines is 2. The van der Waals surface area contributed by atoms with Gasteiger partial charge in [-0.15, -0.1) is 0 Å². The maximum Gasteiger partial charge on any atom is 0.229 e. The predicted octanol–water partition coefficient (Wildman–Crippen LogP) is 3.48. The van der Waals surface area contributed by atoms with E-state index < -0.39 is 5.92 Å². The van der Waals surface area contributed by atoms with Crippen LogP contribution in [-0.2, 0) is 9.59 Å². The van der Waals surface area contributed by atoms with E-state index in [4.69, 9.17) is 4.52 Å². The van der Waals surface area contributed by atoms with Crippen LogP contribution in [0.5, 0.6) is 0 Å². The van der Waals surface area contributed by atoms with Crippen molar-refractivity contribution in [2.45, 2.75) is 20.3 Å². The van der Waals surface area contributed by atoms with Crippen LogP contribution in [0.25, 0.3) is 11.4 Å². The van der Waals surface area contributed by atoms with Crippen LogP contribution in [0.3, 0.4) is 0 Å². The molecule has 2 aromatic carbocycles. The van der Waals surface area contributed by atoms with Gasteiger partial charge in [-0.2, -0.15) is 4.98 Å². The number of carbonyl (C=O) groups excluding carboxylic acids is 2. The Balaban J connectivity index is 1.49. The second kappa shape index (κ2) is 7.46. The lowest BCUT2D eigenvalue weighted by molar-refractivity contribution is -0.122. The highest BCUT2D eigenvalue weighted by Gasteiger charge is 2.35. The normalized spacial score (nSPS) is 16.3. The molecule has 0 saturated carbocycles. The van der Waals surface area contributed by atoms with Crippen LogP contribution in [-0.4, -0.2) is 28.5 Å². The zero-order chi connectivity index (χ0) is 20.5. The fourth-order valence-electron chi connectivity index (χ4n) is 3.28. The lowest BCUT2D eigenvalue weighted by Crippen LogP contribution is -2.28. The number of hydrogen-bond acceptors (Lipinski definition) is 5. The summed E-state index contributed by atoms with van der Waals surface area (Å²) in [5, 5.41) is 6.59. The Kier molecular flexibility index (Phi) is 4.84. The second-order valence-electron chi connectivity index (χ2n) is 7.05. The van der Waals surface area contributed by atoms with Gasteiger partial charge in [-0.25, -0.2) is 4.39 Å². The first-order valence-corrected chi connectivity index (χ1v) is 9.19. The van der Waals surface area contributed by atoms with Crippen LogP contribution in [0.4, 0.5) is 15.8 Å². The molecule has 0 spiro atoms. The van der Waals surface area contributed by atoms with Gasteiger partial charge in [-0.05, 0) is 36.8 Å². The second-order valence-corrected chi connectivity index (χ2v) is 7.05. The molecular formula is C21H19FN4O3. The predicted molar refractivity (Wildman–Crippen MR) is 105 cm³/mol. The maximum absolute atomic E-state index is 13.7. The summed E-state index contributed by atoms with van der Waals surface area (Å²) >= 11 is 0. The zero-order valence-electron chi connectivity index (χ0n) is 16.0. The fraction of sp³-hybridized carbons (Fsp3) is 0.238. The molecule has 7 nitrogen and oxygen atoms in total. The zero-order valence-corrected chi connectivity index (χ0v) is 16.0. The number of amides is 2. The first-order valence-electron chi connectivity index (χ1n) is 9.19. The topological polar surface area (TPSA) is 88.3 Å². The van der Waals surface area contributed by atoms with Gasteiger partial charge in [0.25, 0.3) is 0 Å². The van der Waals surface area contributed by atoms with Crippen LogP contribution >= 0.6 is 0 Å². The summed E-state index contributed by atoms with van der Waals surface area (Å²) in [5.41, 5.74) is 2.25. The third kappa shape index (κ3) is 3.87. The summed E-state index contributed by atoms with van der Waals surface area (Å²) in [4.78, 5) is 30.9. The van der Waals surface area contributed by atoms with Gasteiger partial charge in [-0.3, -0.25) is 9.59 Å². The SMILES string of the molecule is Cc1nc(-c2cccc(N3C[C@@H](C(=O)Nc4ccc(C)c(F)c4)CC3=O)c2)no1. The highest BCUT2D eigenvalue weighted by molar-refractivity contribution is 6.03. The van der Waals surface area contributed by atoms with Crippen molar-refractivity contribution in [1.82, 2.24) is 10.1 Å². The molecule has 0 unspecified atom stereocenters. The van der Waals surface area contributed by atoms with Crippen molar-refractivity contribution in [3.8, 4) is 11.4 Å². The van der Waals surface area contributed by atoms with Gasteiger partial charge in [0.15, 0.2) is 0 Å². The van der Waals surface area contributed by atoms with Crippen molar-refractivity contribution < 1.29 is 18.5 Å². The third-order valence-corrected chi connectivity index (χ3v) is 4.88. The number of hydrogen-bond donors (Lipinski definition) is 1. The lowest BCUT2D eigenvalue weighted by atomic mass is 10.1. The van der Waals surface area contributed by atoms with Gasteiger partial charge in [0.2, 0.25) is 23.5 Å². The van der Waals surface area contributed by atoms with Crippen molar-refractivity contribution in [2.75, 3.05) is 16.8 Å². The molecule has 1 N–H and O–H groups in total. The van der Waals surface area contributed by atoms with Crippen LogP contribution < -0.4 is 10.2 Å². The largest absolute Gasteiger partial charge is 0.339 e. The van der Waals surface area contributed by atoms with E-state index in [0.29, 0.717) is 28.7 Å². The van der Waals surface area contributed by atoms with Crippen LogP contribution in [0.1, 0.15) is 17.9 Å². The van der Waals surface area contributed by atoms with Gasteiger partial charge in [0.05, 0.1) is 5.92 Å². The molecule has 1 fully saturated rings. The quantitative estimate of drug-likeness (QED) is 0.732. The lowest BCUT2D eigenvalue weighted by Gasteiger charge is -2.17. The average Bonchev–Trinajstić information content (AvgIpc) is 3.31. The van der Waals surface area contributed by atoms with Gasteiger partial charge < -0.3 is 14.7 Å². The molecule has 4 rings (SSSR count). The van der Waals surface area contributed by atoms with Crippen molar-refractivity contribution >= 4 is 23.2 Å². The van der Waals surface area contributed by atoms with E-state index in [9.17, 15) is 14.0 Å². The monoisotopic (exact) mass is 394 g/mol. The molecule has 1 aliphatic rings. The third-order valence-electron chi connectivity index (χ3n) is 4.88. The van der Waals surface area contributed by atoms with E-state index in [1.54, 1.807) is 49.1 Å². The number of aromatic nitrogens is 2. The minimum atomic E-state index is -0.525. The Morgan fingerprint density at radius 2 is 2.07 bits per heavy atom. The summed E-state index contributed by atoms with van der Waals surface area (Å²) < 4.78 is 18.7. The molecule has 2 heterocycles. The van der Waals surface area contributed by atoms with Crippen LogP contribution in [0.15, 0.2) is 47.0 Å². The molecular weight excluding hydrogens is 375 g/mol. The first kappa shape index (κ1) is 18.8. The summed E-state index contributed by atoms with van der Waals surface area (Å²) in [7, 11) is 0. The minimum Gasteiger partial charge on any atom is -0.339 e. The molecule has 1 atom stereocenters. The van der Waals surface area contributed by atoms with Gasteiger partial charge in [0.1, 0.15) is 5.82 Å². The molecule has 1 aromatic heterocycles. The molecule has 0 radical (unpaired) electrons. The van der Waals surface area contributed by atoms with Crippen LogP contribution in [0, 0.1) is 25.6 Å². The van der Waals surface area contributed by atoms with Gasteiger partial charge in [-0.1, -0.05) is 23.4 Å². The van der Waals surface area contributed by atoms with Crippen LogP contribution in [0.2, 0.25) is 0 Å². The van der Waals surface area contributed by atoms with Crippen molar-refractivity contribution in [3.05, 3.63) is 59.7 Å². The number of nitrogens with one attached hydrogen (secondary N) is 1. The summed E-state index contributed by atoms with van der Waals surface area (Å²) in [6.07, 6.45) is 0.0890. The Labute approximate surface area is 166 Å². The Morgan fingerprint density at radius 3 is 2.79 bits per heavy atom. The number of aryl methyl sites for hydroxylation is 2. The molecule has 8 heteroatoms. The minimum absolute atomic E-state index is 0.0890. The highest BCUT2D eigenvalue weighted by Crippen LogP contribution is 2.29. The maximum atomic E-state index is 13.7. The standard InChI is InChI=1S/C21H19FN4O3/c1-12-6-7-16(10-18(12)22)24-21(28)15-9-19(27)26(11-15)17-5-3-4-14(8-17)20-23-13(2)29-25-20/h3-8,10,15H,9,11H2,1-2H3,(H,24,28)/t15-/m0/s1. The van der Waals surface area contributed by atoms with E-state index in [1.807, 2.05) is 6.07 Å². The summed E-state index contributed by atoms with van der Waals surface area (Å²) in [6.45, 7) is 3.60. The molecule has 1 aliphatic heterocycles. The number of carbonyl (C=O) groups is 2. The average molecular weight is 394 g/mol. The Morgan fingerprint density at radius 1 is 1.24 bits per heavy atom. The summed E-state index contributed by atoms with van der Waals surface area (Å²) in [5.74, 6) is -0.488. The first-order chi connectivity index (χ1) is 13.9. The van der Waals surface area contributed by atoms with Crippen molar-refractivity contribution in [1.29, 1.82) is 0 Å². The number of benzene rings is 2. The molecule has 0 aliphatic carbocycles. The number of nitrogens with zero attached hydrogens (tertiary/aromatic N) is 3. The van der Waals surface area contributed by atoms with E-state index >= 15 is 0 Å². The number of halogens is 1. The fourth-order valence-corrected chi connectivity index (χ4v) is 3.28. The van der Waals surface area contributed by atoms with E-state index in [-0.39, 0.29) is 30.6 Å². The molecule has 29 heavy (non-hydrogen) atoms. The highest BCUT2D eigenvalue weighted by atomic mass is 19.1. The van der Waals surface area contributed by atoms with E-state index in [0.717, 1.165) is 5.56 Å². The number of rotatable bonds is 4. The molecule has 1 saturated heterocycles. The molecule has 3 aromatic rings. The van der Waals surface area contributed by atoms with E-state index in [1.165, 1.54) is 6.07 Å².